The lowest BCUT2D eigenvalue weighted by Crippen LogP contribution is -2.10. The fraction of sp³-hybridized carbons (Fsp3) is 0.333. The second kappa shape index (κ2) is 3.05. The summed E-state index contributed by atoms with van der Waals surface area (Å²) >= 11 is 0. The molecule has 1 aromatic carbocycles. The van der Waals surface area contributed by atoms with Crippen LogP contribution in [0.2, 0.25) is 0 Å². The second-order valence-corrected chi connectivity index (χ2v) is 4.58. The van der Waals surface area contributed by atoms with Gasteiger partial charge in [-0.15, -0.1) is 0 Å². The third-order valence-electron chi connectivity index (χ3n) is 2.41. The number of aromatic nitrogens is 2. The summed E-state index contributed by atoms with van der Waals surface area (Å²) in [6, 6.07) is 6.44. The quantitative estimate of drug-likeness (QED) is 0.632. The minimum absolute atomic E-state index is 0.192. The lowest BCUT2D eigenvalue weighted by Gasteiger charge is -2.19. The van der Waals surface area contributed by atoms with Gasteiger partial charge >= 0.3 is 0 Å². The highest BCUT2D eigenvalue weighted by atomic mass is 15.1. The van der Waals surface area contributed by atoms with E-state index in [1.807, 2.05) is 6.20 Å². The molecule has 1 aromatic heterocycles. The maximum absolute atomic E-state index is 3.89. The largest absolute Gasteiger partial charge is 0.158 e. The molecule has 0 aliphatic heterocycles. The highest BCUT2D eigenvalue weighted by Gasteiger charge is 2.13. The van der Waals surface area contributed by atoms with Crippen LogP contribution in [-0.2, 0) is 5.41 Å². The summed E-state index contributed by atoms with van der Waals surface area (Å²) in [6.07, 6.45) is 3.60. The van der Waals surface area contributed by atoms with Gasteiger partial charge in [-0.05, 0) is 17.0 Å². The lowest BCUT2D eigenvalue weighted by atomic mass is 9.86. The first-order chi connectivity index (χ1) is 6.57. The molecule has 0 atom stereocenters. The van der Waals surface area contributed by atoms with Crippen molar-refractivity contribution in [3.8, 4) is 0 Å². The predicted molar refractivity (Wildman–Crippen MR) is 58.2 cm³/mol. The summed E-state index contributed by atoms with van der Waals surface area (Å²) in [6.45, 7) is 6.63. The fourth-order valence-electron chi connectivity index (χ4n) is 1.46. The third-order valence-corrected chi connectivity index (χ3v) is 2.41. The van der Waals surface area contributed by atoms with Crippen LogP contribution >= 0.6 is 0 Å². The molecular formula is C12H14N2. The van der Waals surface area contributed by atoms with Crippen LogP contribution in [0.5, 0.6) is 0 Å². The van der Waals surface area contributed by atoms with E-state index in [2.05, 4.69) is 49.2 Å². The zero-order chi connectivity index (χ0) is 10.2. The Kier molecular flexibility index (Phi) is 1.99. The van der Waals surface area contributed by atoms with E-state index in [0.29, 0.717) is 0 Å². The summed E-state index contributed by atoms with van der Waals surface area (Å²) in [5, 5.41) is 10.0. The molecule has 14 heavy (non-hydrogen) atoms. The Balaban J connectivity index is 2.63. The van der Waals surface area contributed by atoms with E-state index in [4.69, 9.17) is 0 Å². The smallest absolute Gasteiger partial charge is 0.0574 e. The molecule has 0 radical (unpaired) electrons. The Morgan fingerprint density at radius 3 is 2.21 bits per heavy atom. The molecule has 2 aromatic rings. The zero-order valence-electron chi connectivity index (χ0n) is 8.78. The van der Waals surface area contributed by atoms with E-state index >= 15 is 0 Å². The van der Waals surface area contributed by atoms with Crippen LogP contribution in [0.3, 0.4) is 0 Å². The molecule has 0 unspecified atom stereocenters. The summed E-state index contributed by atoms with van der Waals surface area (Å²) in [5.74, 6) is 0. The van der Waals surface area contributed by atoms with Crippen molar-refractivity contribution in [1.29, 1.82) is 0 Å². The van der Waals surface area contributed by atoms with Gasteiger partial charge in [-0.2, -0.15) is 10.2 Å². The Bertz CT molecular complexity index is 455. The van der Waals surface area contributed by atoms with Gasteiger partial charge in [-0.25, -0.2) is 0 Å². The Morgan fingerprint density at radius 2 is 1.57 bits per heavy atom. The van der Waals surface area contributed by atoms with Crippen molar-refractivity contribution < 1.29 is 0 Å². The van der Waals surface area contributed by atoms with Crippen molar-refractivity contribution >= 4 is 10.8 Å². The fourth-order valence-corrected chi connectivity index (χ4v) is 1.46. The van der Waals surface area contributed by atoms with Crippen molar-refractivity contribution in [2.45, 2.75) is 26.2 Å². The molecular weight excluding hydrogens is 172 g/mol. The molecule has 0 aliphatic carbocycles. The van der Waals surface area contributed by atoms with Crippen LogP contribution < -0.4 is 0 Å². The normalized spacial score (nSPS) is 11.9. The molecule has 0 bridgehead atoms. The number of hydrogen-bond donors (Lipinski definition) is 0. The molecule has 2 heteroatoms. The van der Waals surface area contributed by atoms with Gasteiger partial charge in [0.25, 0.3) is 0 Å². The minimum Gasteiger partial charge on any atom is -0.158 e. The topological polar surface area (TPSA) is 25.8 Å². The average Bonchev–Trinajstić information content (AvgIpc) is 2.16. The summed E-state index contributed by atoms with van der Waals surface area (Å²) < 4.78 is 0. The molecule has 0 fully saturated rings. The van der Waals surface area contributed by atoms with Crippen molar-refractivity contribution in [1.82, 2.24) is 10.2 Å². The SMILES string of the molecule is CC(C)(C)c1ccc2cnncc2c1. The van der Waals surface area contributed by atoms with Gasteiger partial charge in [-0.3, -0.25) is 0 Å². The molecule has 0 saturated heterocycles. The van der Waals surface area contributed by atoms with Crippen molar-refractivity contribution in [2.24, 2.45) is 0 Å². The molecule has 0 spiro atoms. The van der Waals surface area contributed by atoms with Gasteiger partial charge < -0.3 is 0 Å². The molecule has 72 valence electrons. The second-order valence-electron chi connectivity index (χ2n) is 4.58. The van der Waals surface area contributed by atoms with Crippen LogP contribution in [0.25, 0.3) is 10.8 Å². The first kappa shape index (κ1) is 9.13. The molecule has 2 rings (SSSR count). The van der Waals surface area contributed by atoms with Gasteiger partial charge in [0.15, 0.2) is 0 Å². The summed E-state index contributed by atoms with van der Waals surface area (Å²) in [7, 11) is 0. The van der Waals surface area contributed by atoms with Gasteiger partial charge in [0.2, 0.25) is 0 Å². The van der Waals surface area contributed by atoms with Crippen molar-refractivity contribution in [2.75, 3.05) is 0 Å². The predicted octanol–water partition coefficient (Wildman–Crippen LogP) is 2.93. The van der Waals surface area contributed by atoms with Crippen molar-refractivity contribution in [3.63, 3.8) is 0 Å². The number of nitrogens with zero attached hydrogens (tertiary/aromatic N) is 2. The third kappa shape index (κ3) is 1.60. The minimum atomic E-state index is 0.192. The Hall–Kier alpha value is -1.44. The highest BCUT2D eigenvalue weighted by Crippen LogP contribution is 2.25. The van der Waals surface area contributed by atoms with E-state index < -0.39 is 0 Å². The van der Waals surface area contributed by atoms with Gasteiger partial charge in [0.05, 0.1) is 12.4 Å². The molecule has 0 amide bonds. The standard InChI is InChI=1S/C12H14N2/c1-12(2,3)11-5-4-9-7-13-14-8-10(9)6-11/h4-8H,1-3H3. The first-order valence-electron chi connectivity index (χ1n) is 4.78. The molecule has 0 N–H and O–H groups in total. The van der Waals surface area contributed by atoms with Gasteiger partial charge in [0, 0.05) is 10.8 Å². The number of rotatable bonds is 0. The maximum Gasteiger partial charge on any atom is 0.0574 e. The molecule has 0 saturated carbocycles. The zero-order valence-corrected chi connectivity index (χ0v) is 8.78. The Labute approximate surface area is 84.0 Å². The lowest BCUT2D eigenvalue weighted by molar-refractivity contribution is 0.591. The van der Waals surface area contributed by atoms with Crippen LogP contribution in [-0.4, -0.2) is 10.2 Å². The van der Waals surface area contributed by atoms with Crippen LogP contribution in [0.15, 0.2) is 30.6 Å². The average molecular weight is 186 g/mol. The maximum atomic E-state index is 3.89. The summed E-state index contributed by atoms with van der Waals surface area (Å²) in [5.41, 5.74) is 1.52. The molecule has 0 aliphatic rings. The van der Waals surface area contributed by atoms with Crippen LogP contribution in [0.4, 0.5) is 0 Å². The van der Waals surface area contributed by atoms with E-state index in [1.54, 1.807) is 6.20 Å². The first-order valence-corrected chi connectivity index (χ1v) is 4.78. The van der Waals surface area contributed by atoms with E-state index in [1.165, 1.54) is 5.56 Å². The number of benzene rings is 1. The van der Waals surface area contributed by atoms with E-state index in [9.17, 15) is 0 Å². The highest BCUT2D eigenvalue weighted by molar-refractivity contribution is 5.81. The van der Waals surface area contributed by atoms with Gasteiger partial charge in [0.1, 0.15) is 0 Å². The van der Waals surface area contributed by atoms with Crippen molar-refractivity contribution in [3.05, 3.63) is 36.2 Å². The van der Waals surface area contributed by atoms with Gasteiger partial charge in [-0.1, -0.05) is 32.9 Å². The number of hydrogen-bond acceptors (Lipinski definition) is 2. The number of fused-ring (bicyclic) bond motifs is 1. The van der Waals surface area contributed by atoms with Crippen LogP contribution in [0.1, 0.15) is 26.3 Å². The molecule has 1 heterocycles. The monoisotopic (exact) mass is 186 g/mol. The van der Waals surface area contributed by atoms with E-state index in [-0.39, 0.29) is 5.41 Å². The van der Waals surface area contributed by atoms with Crippen LogP contribution in [0, 0.1) is 0 Å². The Morgan fingerprint density at radius 1 is 0.929 bits per heavy atom. The molecule has 2 nitrogen and oxygen atoms in total. The van der Waals surface area contributed by atoms with E-state index in [0.717, 1.165) is 10.8 Å². The summed E-state index contributed by atoms with van der Waals surface area (Å²) in [4.78, 5) is 0.